The fourth-order valence-corrected chi connectivity index (χ4v) is 3.15. The van der Waals surface area contributed by atoms with E-state index in [2.05, 4.69) is 20.0 Å². The van der Waals surface area contributed by atoms with Crippen molar-refractivity contribution in [2.24, 2.45) is 0 Å². The number of aryl methyl sites for hydroxylation is 1. The van der Waals surface area contributed by atoms with Crippen molar-refractivity contribution >= 4 is 28.7 Å². The first-order valence-electron chi connectivity index (χ1n) is 6.60. The predicted octanol–water partition coefficient (Wildman–Crippen LogP) is 2.15. The number of anilines is 1. The Morgan fingerprint density at radius 2 is 2.05 bits per heavy atom. The summed E-state index contributed by atoms with van der Waals surface area (Å²) in [5, 5.41) is 14.9. The molecule has 0 radical (unpaired) electrons. The van der Waals surface area contributed by atoms with Gasteiger partial charge in [0.15, 0.2) is 0 Å². The van der Waals surface area contributed by atoms with Crippen LogP contribution in [0.1, 0.15) is 44.3 Å². The molecule has 1 aromatic rings. The maximum Gasteiger partial charge on any atom is 0.321 e. The molecule has 8 heteroatoms. The van der Waals surface area contributed by atoms with Gasteiger partial charge in [0.05, 0.1) is 12.0 Å². The van der Waals surface area contributed by atoms with Crippen LogP contribution >= 0.6 is 11.5 Å². The van der Waals surface area contributed by atoms with Crippen LogP contribution in [0.3, 0.4) is 0 Å². The van der Waals surface area contributed by atoms with E-state index in [1.807, 2.05) is 0 Å². The molecule has 0 aliphatic heterocycles. The van der Waals surface area contributed by atoms with E-state index in [9.17, 15) is 9.59 Å². The van der Waals surface area contributed by atoms with Crippen LogP contribution in [0, 0.1) is 6.92 Å². The summed E-state index contributed by atoms with van der Waals surface area (Å²) in [6.45, 7) is 1.74. The molecule has 0 aromatic carbocycles. The molecule has 1 aliphatic rings. The second kappa shape index (κ2) is 6.17. The lowest BCUT2D eigenvalue weighted by molar-refractivity contribution is -0.138. The number of hydrogen-bond acceptors (Lipinski definition) is 5. The van der Waals surface area contributed by atoms with E-state index in [1.54, 1.807) is 6.92 Å². The van der Waals surface area contributed by atoms with Gasteiger partial charge in [0.2, 0.25) is 5.13 Å². The van der Waals surface area contributed by atoms with Gasteiger partial charge in [0.25, 0.3) is 0 Å². The van der Waals surface area contributed by atoms with Crippen molar-refractivity contribution in [2.75, 3.05) is 5.32 Å². The Morgan fingerprint density at radius 1 is 1.35 bits per heavy atom. The first-order chi connectivity index (χ1) is 9.49. The largest absolute Gasteiger partial charge is 0.481 e. The van der Waals surface area contributed by atoms with Gasteiger partial charge in [-0.1, -0.05) is 19.3 Å². The molecule has 0 bridgehead atoms. The monoisotopic (exact) mass is 298 g/mol. The Kier molecular flexibility index (Phi) is 4.53. The molecule has 0 saturated heterocycles. The van der Waals surface area contributed by atoms with E-state index in [-0.39, 0.29) is 6.42 Å². The molecule has 3 N–H and O–H groups in total. The molecular formula is C12H18N4O3S. The van der Waals surface area contributed by atoms with Crippen LogP contribution in [-0.4, -0.2) is 32.0 Å². The average molecular weight is 298 g/mol. The van der Waals surface area contributed by atoms with Crippen LogP contribution in [0.25, 0.3) is 0 Å². The summed E-state index contributed by atoms with van der Waals surface area (Å²) in [5.41, 5.74) is -0.645. The summed E-state index contributed by atoms with van der Waals surface area (Å²) >= 11 is 1.10. The van der Waals surface area contributed by atoms with Crippen molar-refractivity contribution in [1.29, 1.82) is 0 Å². The van der Waals surface area contributed by atoms with Crippen LogP contribution in [0.5, 0.6) is 0 Å². The number of amides is 2. The van der Waals surface area contributed by atoms with Gasteiger partial charge in [-0.25, -0.2) is 9.78 Å². The highest BCUT2D eigenvalue weighted by molar-refractivity contribution is 7.09. The van der Waals surface area contributed by atoms with E-state index >= 15 is 0 Å². The van der Waals surface area contributed by atoms with E-state index in [4.69, 9.17) is 5.11 Å². The normalized spacial score (nSPS) is 17.4. The number of carbonyl (C=O) groups excluding carboxylic acids is 1. The van der Waals surface area contributed by atoms with Gasteiger partial charge >= 0.3 is 12.0 Å². The second-order valence-corrected chi connectivity index (χ2v) is 5.89. The Bertz CT molecular complexity index is 497. The zero-order valence-electron chi connectivity index (χ0n) is 11.3. The molecule has 1 aromatic heterocycles. The lowest BCUT2D eigenvalue weighted by Crippen LogP contribution is -2.52. The summed E-state index contributed by atoms with van der Waals surface area (Å²) in [6.07, 6.45) is 4.30. The third-order valence-corrected chi connectivity index (χ3v) is 4.15. The van der Waals surface area contributed by atoms with Crippen molar-refractivity contribution < 1.29 is 14.7 Å². The molecule has 1 heterocycles. The summed E-state index contributed by atoms with van der Waals surface area (Å²) < 4.78 is 3.98. The van der Waals surface area contributed by atoms with Crippen LogP contribution in [0.4, 0.5) is 9.93 Å². The van der Waals surface area contributed by atoms with Crippen molar-refractivity contribution in [3.63, 3.8) is 0 Å². The minimum atomic E-state index is -0.890. The molecule has 1 aliphatic carbocycles. The van der Waals surface area contributed by atoms with Crippen molar-refractivity contribution in [1.82, 2.24) is 14.7 Å². The zero-order valence-corrected chi connectivity index (χ0v) is 12.1. The molecule has 0 spiro atoms. The Labute approximate surface area is 121 Å². The van der Waals surface area contributed by atoms with Crippen molar-refractivity contribution in [2.45, 2.75) is 51.0 Å². The number of nitrogens with zero attached hydrogens (tertiary/aromatic N) is 2. The highest BCUT2D eigenvalue weighted by atomic mass is 32.1. The summed E-state index contributed by atoms with van der Waals surface area (Å²) in [7, 11) is 0. The Hall–Kier alpha value is -1.70. The molecular weight excluding hydrogens is 280 g/mol. The highest BCUT2D eigenvalue weighted by Gasteiger charge is 2.36. The third kappa shape index (κ3) is 3.89. The minimum absolute atomic E-state index is 0.0461. The van der Waals surface area contributed by atoms with Crippen LogP contribution in [-0.2, 0) is 4.79 Å². The molecule has 7 nitrogen and oxygen atoms in total. The number of hydrogen-bond donors (Lipinski definition) is 3. The number of carboxylic acid groups (broad SMARTS) is 1. The van der Waals surface area contributed by atoms with E-state index < -0.39 is 17.5 Å². The van der Waals surface area contributed by atoms with Gasteiger partial charge in [-0.2, -0.15) is 4.37 Å². The minimum Gasteiger partial charge on any atom is -0.481 e. The fourth-order valence-electron chi connectivity index (χ4n) is 2.58. The van der Waals surface area contributed by atoms with Gasteiger partial charge in [-0.15, -0.1) is 0 Å². The molecule has 2 rings (SSSR count). The van der Waals surface area contributed by atoms with Gasteiger partial charge < -0.3 is 10.4 Å². The number of carbonyl (C=O) groups is 2. The summed E-state index contributed by atoms with van der Waals surface area (Å²) in [6, 6.07) is -0.413. The molecule has 0 atom stereocenters. The highest BCUT2D eigenvalue weighted by Crippen LogP contribution is 2.31. The smallest absolute Gasteiger partial charge is 0.321 e. The Morgan fingerprint density at radius 3 is 2.60 bits per heavy atom. The summed E-state index contributed by atoms with van der Waals surface area (Å²) in [4.78, 5) is 27.1. The molecule has 110 valence electrons. The lowest BCUT2D eigenvalue weighted by atomic mass is 9.79. The van der Waals surface area contributed by atoms with Crippen LogP contribution in [0.15, 0.2) is 0 Å². The van der Waals surface area contributed by atoms with Crippen LogP contribution < -0.4 is 10.6 Å². The average Bonchev–Trinajstić information content (AvgIpc) is 2.74. The van der Waals surface area contributed by atoms with Gasteiger partial charge in [-0.05, 0) is 19.8 Å². The molecule has 2 amide bonds. The quantitative estimate of drug-likeness (QED) is 0.790. The lowest BCUT2D eigenvalue weighted by Gasteiger charge is -2.36. The number of aromatic nitrogens is 2. The first-order valence-corrected chi connectivity index (χ1v) is 7.38. The topological polar surface area (TPSA) is 104 Å². The number of carboxylic acids is 1. The standard InChI is InChI=1S/C12H18N4O3S/c1-8-13-11(20-16-8)14-10(19)15-12(7-9(17)18)5-3-2-4-6-12/h2-7H2,1H3,(H,17,18)(H2,13,14,15,16,19). The third-order valence-electron chi connectivity index (χ3n) is 3.43. The maximum atomic E-state index is 12.0. The second-order valence-electron chi connectivity index (χ2n) is 5.14. The van der Waals surface area contributed by atoms with Gasteiger partial charge in [0, 0.05) is 11.5 Å². The Balaban J connectivity index is 1.99. The van der Waals surface area contributed by atoms with Gasteiger partial charge in [0.1, 0.15) is 5.82 Å². The molecule has 1 fully saturated rings. The number of urea groups is 1. The molecule has 20 heavy (non-hydrogen) atoms. The van der Waals surface area contributed by atoms with E-state index in [0.29, 0.717) is 23.8 Å². The fraction of sp³-hybridized carbons (Fsp3) is 0.667. The van der Waals surface area contributed by atoms with Gasteiger partial charge in [-0.3, -0.25) is 10.1 Å². The van der Waals surface area contributed by atoms with E-state index in [1.165, 1.54) is 0 Å². The molecule has 1 saturated carbocycles. The number of aliphatic carboxylic acids is 1. The first kappa shape index (κ1) is 14.7. The number of nitrogens with one attached hydrogen (secondary N) is 2. The number of rotatable bonds is 4. The van der Waals surface area contributed by atoms with Crippen molar-refractivity contribution in [3.05, 3.63) is 5.82 Å². The maximum absolute atomic E-state index is 12.0. The summed E-state index contributed by atoms with van der Waals surface area (Å²) in [5.74, 6) is -0.290. The van der Waals surface area contributed by atoms with Crippen molar-refractivity contribution in [3.8, 4) is 0 Å². The zero-order chi connectivity index (χ0) is 14.6. The predicted molar refractivity (Wildman–Crippen MR) is 74.9 cm³/mol. The molecule has 0 unspecified atom stereocenters. The van der Waals surface area contributed by atoms with Crippen LogP contribution in [0.2, 0.25) is 0 Å². The SMILES string of the molecule is Cc1nsc(NC(=O)NC2(CC(=O)O)CCCCC2)n1. The van der Waals surface area contributed by atoms with E-state index in [0.717, 1.165) is 30.8 Å².